The van der Waals surface area contributed by atoms with Crippen LogP contribution in [-0.4, -0.2) is 14.6 Å². The molecule has 0 fully saturated rings. The molecule has 0 saturated carbocycles. The van der Waals surface area contributed by atoms with Crippen molar-refractivity contribution < 1.29 is 4.39 Å². The number of aromatic amines is 1. The number of halogens is 1. The summed E-state index contributed by atoms with van der Waals surface area (Å²) in [7, 11) is 0. The number of hydrogen-bond donors (Lipinski definition) is 1. The Morgan fingerprint density at radius 1 is 1.11 bits per heavy atom. The lowest BCUT2D eigenvalue weighted by Crippen LogP contribution is -1.88. The van der Waals surface area contributed by atoms with Crippen LogP contribution in [0, 0.1) is 5.82 Å². The first kappa shape index (κ1) is 10.3. The van der Waals surface area contributed by atoms with E-state index >= 15 is 0 Å². The lowest BCUT2D eigenvalue weighted by Gasteiger charge is -2.05. The van der Waals surface area contributed by atoms with Crippen LogP contribution < -0.4 is 0 Å². The van der Waals surface area contributed by atoms with E-state index in [1.54, 1.807) is 16.9 Å². The fraction of sp³-hybridized carbons (Fsp3) is 0. The zero-order valence-electron chi connectivity index (χ0n) is 9.97. The van der Waals surface area contributed by atoms with Crippen molar-refractivity contribution in [3.8, 4) is 11.1 Å². The lowest BCUT2D eigenvalue weighted by atomic mass is 10.0. The SMILES string of the molecule is Fc1ccc(-c2ccn3nccc3c2)c2cc[nH]c12. The molecule has 0 aliphatic rings. The van der Waals surface area contributed by atoms with E-state index in [0.29, 0.717) is 5.52 Å². The number of rotatable bonds is 1. The van der Waals surface area contributed by atoms with Gasteiger partial charge in [-0.2, -0.15) is 5.10 Å². The number of aromatic nitrogens is 3. The molecule has 3 aromatic heterocycles. The Balaban J connectivity index is 2.03. The van der Waals surface area contributed by atoms with Gasteiger partial charge in [0.1, 0.15) is 5.82 Å². The van der Waals surface area contributed by atoms with Gasteiger partial charge in [-0.05, 0) is 41.5 Å². The highest BCUT2D eigenvalue weighted by Gasteiger charge is 2.09. The highest BCUT2D eigenvalue weighted by atomic mass is 19.1. The minimum Gasteiger partial charge on any atom is -0.359 e. The number of nitrogens with zero attached hydrogens (tertiary/aromatic N) is 2. The predicted octanol–water partition coefficient (Wildman–Crippen LogP) is 3.62. The first-order valence-corrected chi connectivity index (χ1v) is 6.02. The van der Waals surface area contributed by atoms with E-state index in [1.165, 1.54) is 6.07 Å². The Morgan fingerprint density at radius 2 is 2.05 bits per heavy atom. The van der Waals surface area contributed by atoms with Gasteiger partial charge in [-0.3, -0.25) is 0 Å². The van der Waals surface area contributed by atoms with Gasteiger partial charge in [0.25, 0.3) is 0 Å². The maximum absolute atomic E-state index is 13.7. The van der Waals surface area contributed by atoms with Crippen molar-refractivity contribution in [2.45, 2.75) is 0 Å². The average Bonchev–Trinajstić information content (AvgIpc) is 3.07. The minimum absolute atomic E-state index is 0.228. The standard InChI is InChI=1S/C15H10FN3/c16-14-2-1-12(13-4-6-17-15(13)14)10-5-8-19-11(9-10)3-7-18-19/h1-9,17H. The monoisotopic (exact) mass is 251 g/mol. The third-order valence-electron chi connectivity index (χ3n) is 3.38. The molecule has 0 amide bonds. The van der Waals surface area contributed by atoms with E-state index in [1.807, 2.05) is 36.5 Å². The molecule has 4 aromatic rings. The zero-order valence-corrected chi connectivity index (χ0v) is 9.97. The zero-order chi connectivity index (χ0) is 12.8. The fourth-order valence-electron chi connectivity index (χ4n) is 2.46. The van der Waals surface area contributed by atoms with Gasteiger partial charge in [0.15, 0.2) is 0 Å². The quantitative estimate of drug-likeness (QED) is 0.550. The molecule has 1 N–H and O–H groups in total. The van der Waals surface area contributed by atoms with E-state index in [4.69, 9.17) is 0 Å². The largest absolute Gasteiger partial charge is 0.359 e. The Hall–Kier alpha value is -2.62. The van der Waals surface area contributed by atoms with Crippen LogP contribution in [0.4, 0.5) is 4.39 Å². The van der Waals surface area contributed by atoms with Crippen LogP contribution in [0.5, 0.6) is 0 Å². The van der Waals surface area contributed by atoms with Gasteiger partial charge in [0, 0.05) is 24.0 Å². The summed E-state index contributed by atoms with van der Waals surface area (Å²) in [5.74, 6) is -0.228. The lowest BCUT2D eigenvalue weighted by molar-refractivity contribution is 0.637. The molecule has 0 aliphatic carbocycles. The summed E-state index contributed by atoms with van der Waals surface area (Å²) in [4.78, 5) is 2.94. The van der Waals surface area contributed by atoms with E-state index in [2.05, 4.69) is 10.1 Å². The maximum atomic E-state index is 13.7. The number of hydrogen-bond acceptors (Lipinski definition) is 1. The van der Waals surface area contributed by atoms with E-state index in [0.717, 1.165) is 22.0 Å². The maximum Gasteiger partial charge on any atom is 0.147 e. The number of nitrogens with one attached hydrogen (secondary N) is 1. The molecule has 0 saturated heterocycles. The van der Waals surface area contributed by atoms with Gasteiger partial charge in [-0.15, -0.1) is 0 Å². The second kappa shape index (κ2) is 3.68. The van der Waals surface area contributed by atoms with Gasteiger partial charge >= 0.3 is 0 Å². The number of H-pyrrole nitrogens is 1. The third kappa shape index (κ3) is 1.46. The fourth-order valence-corrected chi connectivity index (χ4v) is 2.46. The van der Waals surface area contributed by atoms with Gasteiger partial charge in [-0.1, -0.05) is 6.07 Å². The van der Waals surface area contributed by atoms with Crippen LogP contribution >= 0.6 is 0 Å². The normalized spacial score (nSPS) is 11.4. The number of pyridine rings is 1. The molecule has 4 heteroatoms. The van der Waals surface area contributed by atoms with Crippen molar-refractivity contribution in [1.29, 1.82) is 0 Å². The molecular formula is C15H10FN3. The van der Waals surface area contributed by atoms with Gasteiger partial charge in [-0.25, -0.2) is 8.91 Å². The predicted molar refractivity (Wildman–Crippen MR) is 72.4 cm³/mol. The van der Waals surface area contributed by atoms with Crippen molar-refractivity contribution in [3.05, 3.63) is 60.8 Å². The Bertz CT molecular complexity index is 889. The molecule has 3 nitrogen and oxygen atoms in total. The summed E-state index contributed by atoms with van der Waals surface area (Å²) in [5, 5.41) is 5.06. The molecule has 19 heavy (non-hydrogen) atoms. The molecule has 1 aromatic carbocycles. The van der Waals surface area contributed by atoms with Crippen LogP contribution in [0.15, 0.2) is 55.0 Å². The first-order chi connectivity index (χ1) is 9.33. The second-order valence-electron chi connectivity index (χ2n) is 4.48. The molecule has 4 rings (SSSR count). The highest BCUT2D eigenvalue weighted by Crippen LogP contribution is 2.30. The molecule has 0 radical (unpaired) electrons. The van der Waals surface area contributed by atoms with Crippen LogP contribution in [-0.2, 0) is 0 Å². The van der Waals surface area contributed by atoms with Crippen LogP contribution in [0.1, 0.15) is 0 Å². The topological polar surface area (TPSA) is 33.1 Å². The van der Waals surface area contributed by atoms with Crippen LogP contribution in [0.3, 0.4) is 0 Å². The molecule has 0 bridgehead atoms. The summed E-state index contributed by atoms with van der Waals surface area (Å²) < 4.78 is 15.5. The molecule has 92 valence electrons. The number of benzene rings is 1. The first-order valence-electron chi connectivity index (χ1n) is 6.02. The smallest absolute Gasteiger partial charge is 0.147 e. The van der Waals surface area contributed by atoms with Gasteiger partial charge in [0.05, 0.1) is 11.0 Å². The summed E-state index contributed by atoms with van der Waals surface area (Å²) in [6, 6.07) is 11.2. The molecule has 0 unspecified atom stereocenters. The van der Waals surface area contributed by atoms with Crippen LogP contribution in [0.25, 0.3) is 27.5 Å². The molecule has 0 aliphatic heterocycles. The molecule has 3 heterocycles. The molecule has 0 atom stereocenters. The summed E-state index contributed by atoms with van der Waals surface area (Å²) in [6.07, 6.45) is 5.43. The summed E-state index contributed by atoms with van der Waals surface area (Å²) in [6.45, 7) is 0. The Kier molecular flexibility index (Phi) is 2.00. The van der Waals surface area contributed by atoms with E-state index in [-0.39, 0.29) is 5.82 Å². The average molecular weight is 251 g/mol. The summed E-state index contributed by atoms with van der Waals surface area (Å²) >= 11 is 0. The van der Waals surface area contributed by atoms with E-state index < -0.39 is 0 Å². The molecular weight excluding hydrogens is 241 g/mol. The Labute approximate surface area is 108 Å². The van der Waals surface area contributed by atoms with Crippen LogP contribution in [0.2, 0.25) is 0 Å². The van der Waals surface area contributed by atoms with Crippen molar-refractivity contribution in [3.63, 3.8) is 0 Å². The minimum atomic E-state index is -0.228. The van der Waals surface area contributed by atoms with Crippen molar-refractivity contribution >= 4 is 16.4 Å². The molecule has 0 spiro atoms. The van der Waals surface area contributed by atoms with Crippen molar-refractivity contribution in [1.82, 2.24) is 14.6 Å². The number of fused-ring (bicyclic) bond motifs is 2. The van der Waals surface area contributed by atoms with Gasteiger partial charge in [0.2, 0.25) is 0 Å². The van der Waals surface area contributed by atoms with Crippen molar-refractivity contribution in [2.75, 3.05) is 0 Å². The van der Waals surface area contributed by atoms with Crippen molar-refractivity contribution in [2.24, 2.45) is 0 Å². The Morgan fingerprint density at radius 3 is 3.00 bits per heavy atom. The second-order valence-corrected chi connectivity index (χ2v) is 4.48. The van der Waals surface area contributed by atoms with E-state index in [9.17, 15) is 4.39 Å². The summed E-state index contributed by atoms with van der Waals surface area (Å²) in [5.41, 5.74) is 3.63. The third-order valence-corrected chi connectivity index (χ3v) is 3.38. The highest BCUT2D eigenvalue weighted by molar-refractivity contribution is 5.95. The van der Waals surface area contributed by atoms with Gasteiger partial charge < -0.3 is 4.98 Å².